The number of anilines is 2. The number of aryl methyl sites for hydroxylation is 1. The third-order valence-electron chi connectivity index (χ3n) is 5.96. The van der Waals surface area contributed by atoms with Crippen LogP contribution in [0.5, 0.6) is 17.4 Å². The van der Waals surface area contributed by atoms with Crippen molar-refractivity contribution in [2.45, 2.75) is 25.8 Å². The molecule has 3 aromatic heterocycles. The van der Waals surface area contributed by atoms with Gasteiger partial charge < -0.3 is 19.9 Å². The molecule has 0 spiro atoms. The van der Waals surface area contributed by atoms with E-state index in [0.717, 1.165) is 30.8 Å². The monoisotopic (exact) mass is 495 g/mol. The molecule has 182 valence electrons. The lowest BCUT2D eigenvalue weighted by Crippen LogP contribution is -2.35. The van der Waals surface area contributed by atoms with E-state index in [9.17, 15) is 5.11 Å². The van der Waals surface area contributed by atoms with Crippen LogP contribution in [0, 0.1) is 6.92 Å². The summed E-state index contributed by atoms with van der Waals surface area (Å²) in [5.74, 6) is 2.09. The normalized spacial score (nSPS) is 16.0. The second-order valence-electron chi connectivity index (χ2n) is 8.35. The summed E-state index contributed by atoms with van der Waals surface area (Å²) in [4.78, 5) is 15.1. The number of rotatable bonds is 9. The van der Waals surface area contributed by atoms with Gasteiger partial charge in [0, 0.05) is 24.0 Å². The molecule has 0 amide bonds. The van der Waals surface area contributed by atoms with E-state index in [1.807, 2.05) is 25.1 Å². The van der Waals surface area contributed by atoms with Crippen molar-refractivity contribution in [2.75, 3.05) is 31.6 Å². The Bertz CT molecular complexity index is 1300. The molecule has 1 saturated heterocycles. The molecule has 1 aliphatic rings. The highest BCUT2D eigenvalue weighted by Crippen LogP contribution is 2.34. The molecule has 1 aromatic carbocycles. The molecule has 11 heteroatoms. The van der Waals surface area contributed by atoms with Crippen LogP contribution < -0.4 is 14.8 Å². The number of ether oxygens (including phenoxy) is 2. The standard InChI is InChI=1S/C24H26ClN7O3/c1-15-4-6-18(12-26-15)35-20-7-5-16(11-19(20)25)29-22-21-23(28-14-27-22)30-31-24(21)34-10-9-32-8-2-3-17(32)13-33/h4-7,11-12,14,17,33H,2-3,8-10,13H2,1H3,(H2,27,28,29,30,31)/t17-/m1/s1. The lowest BCUT2D eigenvalue weighted by atomic mass is 10.2. The van der Waals surface area contributed by atoms with Crippen LogP contribution in [0.4, 0.5) is 11.5 Å². The minimum atomic E-state index is 0.168. The Hall–Kier alpha value is -3.47. The fourth-order valence-electron chi connectivity index (χ4n) is 4.13. The second kappa shape index (κ2) is 10.4. The van der Waals surface area contributed by atoms with Crippen LogP contribution >= 0.6 is 11.6 Å². The minimum absolute atomic E-state index is 0.168. The zero-order chi connectivity index (χ0) is 24.2. The van der Waals surface area contributed by atoms with E-state index < -0.39 is 0 Å². The Morgan fingerprint density at radius 2 is 2.14 bits per heavy atom. The highest BCUT2D eigenvalue weighted by atomic mass is 35.5. The van der Waals surface area contributed by atoms with Crippen LogP contribution in [0.15, 0.2) is 42.9 Å². The smallest absolute Gasteiger partial charge is 0.246 e. The van der Waals surface area contributed by atoms with Crippen molar-refractivity contribution in [3.05, 3.63) is 53.6 Å². The van der Waals surface area contributed by atoms with E-state index in [1.54, 1.807) is 18.3 Å². The summed E-state index contributed by atoms with van der Waals surface area (Å²) in [6.45, 7) is 4.20. The van der Waals surface area contributed by atoms with Gasteiger partial charge in [-0.25, -0.2) is 9.97 Å². The van der Waals surface area contributed by atoms with E-state index in [0.29, 0.717) is 52.4 Å². The summed E-state index contributed by atoms with van der Waals surface area (Å²) >= 11 is 6.48. The van der Waals surface area contributed by atoms with E-state index in [1.165, 1.54) is 6.33 Å². The van der Waals surface area contributed by atoms with Crippen LogP contribution in [0.1, 0.15) is 18.5 Å². The fourth-order valence-corrected chi connectivity index (χ4v) is 4.35. The van der Waals surface area contributed by atoms with Crippen molar-refractivity contribution >= 4 is 34.1 Å². The molecule has 0 saturated carbocycles. The third-order valence-corrected chi connectivity index (χ3v) is 6.25. The number of aliphatic hydroxyl groups is 1. The van der Waals surface area contributed by atoms with Crippen molar-refractivity contribution in [3.63, 3.8) is 0 Å². The molecular weight excluding hydrogens is 470 g/mol. The molecule has 35 heavy (non-hydrogen) atoms. The average molecular weight is 496 g/mol. The Balaban J connectivity index is 1.29. The summed E-state index contributed by atoms with van der Waals surface area (Å²) in [6.07, 6.45) is 5.21. The van der Waals surface area contributed by atoms with E-state index in [2.05, 4.69) is 35.4 Å². The van der Waals surface area contributed by atoms with Crippen molar-refractivity contribution in [1.82, 2.24) is 30.0 Å². The predicted molar refractivity (Wildman–Crippen MR) is 133 cm³/mol. The van der Waals surface area contributed by atoms with Gasteiger partial charge in [-0.3, -0.25) is 15.0 Å². The summed E-state index contributed by atoms with van der Waals surface area (Å²) in [6, 6.07) is 9.31. The number of pyridine rings is 1. The molecule has 0 bridgehead atoms. The first kappa shape index (κ1) is 23.3. The van der Waals surface area contributed by atoms with Crippen molar-refractivity contribution in [3.8, 4) is 17.4 Å². The van der Waals surface area contributed by atoms with Gasteiger partial charge >= 0.3 is 0 Å². The van der Waals surface area contributed by atoms with E-state index in [4.69, 9.17) is 21.1 Å². The maximum absolute atomic E-state index is 9.51. The van der Waals surface area contributed by atoms with Gasteiger partial charge in [0.15, 0.2) is 5.65 Å². The Kier molecular flexibility index (Phi) is 6.94. The zero-order valence-electron chi connectivity index (χ0n) is 19.2. The molecule has 3 N–H and O–H groups in total. The minimum Gasteiger partial charge on any atom is -0.475 e. The summed E-state index contributed by atoms with van der Waals surface area (Å²) in [7, 11) is 0. The van der Waals surface area contributed by atoms with Gasteiger partial charge in [0.25, 0.3) is 0 Å². The molecule has 1 fully saturated rings. The van der Waals surface area contributed by atoms with Crippen LogP contribution in [0.3, 0.4) is 0 Å². The number of hydrogen-bond acceptors (Lipinski definition) is 9. The van der Waals surface area contributed by atoms with Crippen LogP contribution in [-0.4, -0.2) is 67.5 Å². The molecule has 0 radical (unpaired) electrons. The number of H-pyrrole nitrogens is 1. The van der Waals surface area contributed by atoms with Gasteiger partial charge in [-0.05, 0) is 56.6 Å². The number of fused-ring (bicyclic) bond motifs is 1. The van der Waals surface area contributed by atoms with Gasteiger partial charge in [0.1, 0.15) is 35.6 Å². The number of likely N-dealkylation sites (tertiary alicyclic amines) is 1. The highest BCUT2D eigenvalue weighted by Gasteiger charge is 2.23. The summed E-state index contributed by atoms with van der Waals surface area (Å²) in [5, 5.41) is 21.0. The first-order chi connectivity index (χ1) is 17.1. The molecule has 4 heterocycles. The lowest BCUT2D eigenvalue weighted by molar-refractivity contribution is 0.138. The number of aromatic nitrogens is 5. The van der Waals surface area contributed by atoms with E-state index >= 15 is 0 Å². The number of halogens is 1. The molecule has 1 aliphatic heterocycles. The molecule has 0 unspecified atom stereocenters. The largest absolute Gasteiger partial charge is 0.475 e. The van der Waals surface area contributed by atoms with Gasteiger partial charge in [-0.2, -0.15) is 0 Å². The molecule has 5 rings (SSSR count). The van der Waals surface area contributed by atoms with Crippen molar-refractivity contribution < 1.29 is 14.6 Å². The first-order valence-electron chi connectivity index (χ1n) is 11.4. The second-order valence-corrected chi connectivity index (χ2v) is 8.75. The van der Waals surface area contributed by atoms with Gasteiger partial charge in [-0.15, -0.1) is 5.10 Å². The number of aromatic amines is 1. The van der Waals surface area contributed by atoms with Gasteiger partial charge in [-0.1, -0.05) is 11.6 Å². The number of nitrogens with zero attached hydrogens (tertiary/aromatic N) is 5. The van der Waals surface area contributed by atoms with Crippen LogP contribution in [-0.2, 0) is 0 Å². The zero-order valence-corrected chi connectivity index (χ0v) is 20.0. The average Bonchev–Trinajstić information content (AvgIpc) is 3.49. The van der Waals surface area contributed by atoms with Crippen molar-refractivity contribution in [1.29, 1.82) is 0 Å². The summed E-state index contributed by atoms with van der Waals surface area (Å²) in [5.41, 5.74) is 2.19. The number of aliphatic hydroxyl groups excluding tert-OH is 1. The molecule has 1 atom stereocenters. The number of nitrogens with one attached hydrogen (secondary N) is 2. The molecule has 4 aromatic rings. The molecule has 10 nitrogen and oxygen atoms in total. The predicted octanol–water partition coefficient (Wildman–Crippen LogP) is 4.08. The van der Waals surface area contributed by atoms with E-state index in [-0.39, 0.29) is 12.6 Å². The quantitative estimate of drug-likeness (QED) is 0.315. The third kappa shape index (κ3) is 5.29. The molecular formula is C24H26ClN7O3. The van der Waals surface area contributed by atoms with Crippen LogP contribution in [0.25, 0.3) is 11.0 Å². The fraction of sp³-hybridized carbons (Fsp3) is 0.333. The topological polar surface area (TPSA) is 121 Å². The molecule has 0 aliphatic carbocycles. The maximum atomic E-state index is 9.51. The van der Waals surface area contributed by atoms with Crippen LogP contribution in [0.2, 0.25) is 5.02 Å². The lowest BCUT2D eigenvalue weighted by Gasteiger charge is -2.22. The Labute approximate surface area is 207 Å². The number of benzene rings is 1. The number of hydrogen-bond donors (Lipinski definition) is 3. The SMILES string of the molecule is Cc1ccc(Oc2ccc(Nc3ncnc4[nH]nc(OCCN5CCC[C@@H]5CO)c34)cc2Cl)cn1. The Morgan fingerprint density at radius 3 is 2.94 bits per heavy atom. The van der Waals surface area contributed by atoms with Gasteiger partial charge in [0.2, 0.25) is 5.88 Å². The Morgan fingerprint density at radius 1 is 1.23 bits per heavy atom. The van der Waals surface area contributed by atoms with Crippen molar-refractivity contribution in [2.24, 2.45) is 0 Å². The maximum Gasteiger partial charge on any atom is 0.246 e. The highest BCUT2D eigenvalue weighted by molar-refractivity contribution is 6.32. The van der Waals surface area contributed by atoms with Gasteiger partial charge in [0.05, 0.1) is 17.8 Å². The first-order valence-corrected chi connectivity index (χ1v) is 11.8. The summed E-state index contributed by atoms with van der Waals surface area (Å²) < 4.78 is 11.8.